The Morgan fingerprint density at radius 3 is 2.39 bits per heavy atom. The number of amides is 3. The Bertz CT molecular complexity index is 620. The van der Waals surface area contributed by atoms with E-state index in [1.165, 1.54) is 23.1 Å². The molecule has 0 aliphatic carbocycles. The summed E-state index contributed by atoms with van der Waals surface area (Å²) in [5.41, 5.74) is 1.23. The van der Waals surface area contributed by atoms with Gasteiger partial charge in [0.05, 0.1) is 25.2 Å². The Balaban J connectivity index is 1.75. The lowest BCUT2D eigenvalue weighted by Crippen LogP contribution is -3.17. The molecule has 6 nitrogen and oxygen atoms in total. The van der Waals surface area contributed by atoms with Gasteiger partial charge in [-0.3, -0.25) is 14.4 Å². The normalized spacial score (nSPS) is 22.5. The summed E-state index contributed by atoms with van der Waals surface area (Å²) in [6, 6.07) is 6.58. The molecule has 23 heavy (non-hydrogen) atoms. The quantitative estimate of drug-likeness (QED) is 0.790. The van der Waals surface area contributed by atoms with Crippen molar-refractivity contribution >= 4 is 29.1 Å². The smallest absolute Gasteiger partial charge is 0.292 e. The molecule has 1 atom stereocenters. The zero-order valence-electron chi connectivity index (χ0n) is 13.3. The number of anilines is 2. The third-order valence-electron chi connectivity index (χ3n) is 4.58. The maximum Gasteiger partial charge on any atom is 0.292 e. The van der Waals surface area contributed by atoms with Gasteiger partial charge in [0.1, 0.15) is 0 Å². The van der Waals surface area contributed by atoms with Crippen LogP contribution in [0.3, 0.4) is 0 Å². The van der Waals surface area contributed by atoms with Crippen molar-refractivity contribution in [2.24, 2.45) is 0 Å². The number of piperidine rings is 1. The van der Waals surface area contributed by atoms with Gasteiger partial charge < -0.3 is 10.2 Å². The molecule has 2 aliphatic rings. The van der Waals surface area contributed by atoms with E-state index in [9.17, 15) is 14.4 Å². The molecule has 1 aromatic rings. The Morgan fingerprint density at radius 1 is 1.13 bits per heavy atom. The van der Waals surface area contributed by atoms with Crippen molar-refractivity contribution in [1.82, 2.24) is 0 Å². The molecule has 0 radical (unpaired) electrons. The van der Waals surface area contributed by atoms with E-state index in [0.29, 0.717) is 17.8 Å². The Kier molecular flexibility index (Phi) is 4.43. The fourth-order valence-electron chi connectivity index (χ4n) is 3.47. The summed E-state index contributed by atoms with van der Waals surface area (Å²) < 4.78 is 0. The molecule has 3 amide bonds. The summed E-state index contributed by atoms with van der Waals surface area (Å²) in [5, 5.41) is 2.67. The van der Waals surface area contributed by atoms with Gasteiger partial charge in [0.2, 0.25) is 11.8 Å². The van der Waals surface area contributed by atoms with Crippen LogP contribution in [0.1, 0.15) is 32.6 Å². The van der Waals surface area contributed by atoms with Crippen LogP contribution in [0, 0.1) is 0 Å². The average molecular weight is 316 g/mol. The minimum absolute atomic E-state index is 0.0980. The molecule has 0 aromatic heterocycles. The SMILES string of the molecule is CC(=O)Nc1ccc(N2C(=O)C[C@H]([NH+]3CCCCC3)C2=O)cc1. The molecule has 2 N–H and O–H groups in total. The highest BCUT2D eigenvalue weighted by Gasteiger charge is 2.45. The lowest BCUT2D eigenvalue weighted by Gasteiger charge is -2.27. The number of likely N-dealkylation sites (tertiary alicyclic amines) is 1. The van der Waals surface area contributed by atoms with Crippen LogP contribution in [0.15, 0.2) is 24.3 Å². The number of benzene rings is 1. The summed E-state index contributed by atoms with van der Waals surface area (Å²) in [5.74, 6) is -0.385. The molecule has 1 aromatic carbocycles. The zero-order chi connectivity index (χ0) is 16.4. The second kappa shape index (κ2) is 6.50. The predicted octanol–water partition coefficient (Wildman–Crippen LogP) is 0.346. The van der Waals surface area contributed by atoms with E-state index in [2.05, 4.69) is 5.32 Å². The third-order valence-corrected chi connectivity index (χ3v) is 4.58. The topological polar surface area (TPSA) is 70.9 Å². The molecule has 2 heterocycles. The van der Waals surface area contributed by atoms with Crippen molar-refractivity contribution in [3.05, 3.63) is 24.3 Å². The van der Waals surface area contributed by atoms with E-state index in [-0.39, 0.29) is 23.8 Å². The summed E-state index contributed by atoms with van der Waals surface area (Å²) in [4.78, 5) is 38.6. The summed E-state index contributed by atoms with van der Waals surface area (Å²) in [6.07, 6.45) is 3.76. The van der Waals surface area contributed by atoms with E-state index in [0.717, 1.165) is 25.9 Å². The number of nitrogens with zero attached hydrogens (tertiary/aromatic N) is 1. The van der Waals surface area contributed by atoms with Gasteiger partial charge in [0, 0.05) is 12.6 Å². The lowest BCUT2D eigenvalue weighted by molar-refractivity contribution is -0.919. The van der Waals surface area contributed by atoms with E-state index in [1.54, 1.807) is 24.3 Å². The van der Waals surface area contributed by atoms with Gasteiger partial charge in [0.15, 0.2) is 6.04 Å². The van der Waals surface area contributed by atoms with Gasteiger partial charge >= 0.3 is 0 Å². The van der Waals surface area contributed by atoms with Gasteiger partial charge in [-0.05, 0) is 43.5 Å². The average Bonchev–Trinajstić information content (AvgIpc) is 2.83. The van der Waals surface area contributed by atoms with E-state index >= 15 is 0 Å². The van der Waals surface area contributed by atoms with Gasteiger partial charge in [-0.25, -0.2) is 4.90 Å². The molecule has 2 saturated heterocycles. The summed E-state index contributed by atoms with van der Waals surface area (Å²) >= 11 is 0. The fraction of sp³-hybridized carbons (Fsp3) is 0.471. The van der Waals surface area contributed by atoms with Crippen molar-refractivity contribution < 1.29 is 19.3 Å². The number of hydrogen-bond acceptors (Lipinski definition) is 3. The van der Waals surface area contributed by atoms with Crippen LogP contribution in [-0.2, 0) is 14.4 Å². The van der Waals surface area contributed by atoms with Crippen LogP contribution in [0.5, 0.6) is 0 Å². The minimum Gasteiger partial charge on any atom is -0.326 e. The Labute approximate surface area is 135 Å². The number of imide groups is 1. The number of quaternary nitrogens is 1. The Morgan fingerprint density at radius 2 is 1.78 bits per heavy atom. The van der Waals surface area contributed by atoms with Crippen LogP contribution < -0.4 is 15.1 Å². The largest absolute Gasteiger partial charge is 0.326 e. The maximum absolute atomic E-state index is 12.7. The number of carbonyl (C=O) groups is 3. The number of rotatable bonds is 3. The highest BCUT2D eigenvalue weighted by atomic mass is 16.2. The van der Waals surface area contributed by atoms with Crippen molar-refractivity contribution in [2.75, 3.05) is 23.3 Å². The molecule has 0 spiro atoms. The zero-order valence-corrected chi connectivity index (χ0v) is 13.3. The first-order chi connectivity index (χ1) is 11.1. The molecule has 2 aliphatic heterocycles. The van der Waals surface area contributed by atoms with E-state index in [1.807, 2.05) is 0 Å². The van der Waals surface area contributed by atoms with Crippen LogP contribution in [0.2, 0.25) is 0 Å². The fourth-order valence-corrected chi connectivity index (χ4v) is 3.47. The molecular weight excluding hydrogens is 294 g/mol. The van der Waals surface area contributed by atoms with E-state index < -0.39 is 0 Å². The van der Waals surface area contributed by atoms with Gasteiger partial charge in [0.25, 0.3) is 5.91 Å². The molecular formula is C17H22N3O3+. The summed E-state index contributed by atoms with van der Waals surface area (Å²) in [7, 11) is 0. The van der Waals surface area contributed by atoms with Crippen LogP contribution >= 0.6 is 0 Å². The third kappa shape index (κ3) is 3.27. The molecule has 0 unspecified atom stereocenters. The second-order valence-electron chi connectivity index (χ2n) is 6.27. The van der Waals surface area contributed by atoms with Crippen molar-refractivity contribution in [3.63, 3.8) is 0 Å². The molecule has 3 rings (SSSR count). The lowest BCUT2D eigenvalue weighted by atomic mass is 10.1. The van der Waals surface area contributed by atoms with E-state index in [4.69, 9.17) is 0 Å². The molecule has 6 heteroatoms. The molecule has 2 fully saturated rings. The first kappa shape index (κ1) is 15.7. The monoisotopic (exact) mass is 316 g/mol. The van der Waals surface area contributed by atoms with Crippen molar-refractivity contribution in [2.45, 2.75) is 38.6 Å². The highest BCUT2D eigenvalue weighted by Crippen LogP contribution is 2.24. The van der Waals surface area contributed by atoms with Crippen LogP contribution in [-0.4, -0.2) is 36.9 Å². The minimum atomic E-state index is -0.238. The predicted molar refractivity (Wildman–Crippen MR) is 86.2 cm³/mol. The van der Waals surface area contributed by atoms with Gasteiger partial charge in [-0.2, -0.15) is 0 Å². The van der Waals surface area contributed by atoms with Crippen molar-refractivity contribution in [1.29, 1.82) is 0 Å². The van der Waals surface area contributed by atoms with Crippen molar-refractivity contribution in [3.8, 4) is 0 Å². The molecule has 122 valence electrons. The molecule has 0 bridgehead atoms. The first-order valence-electron chi connectivity index (χ1n) is 8.15. The number of carbonyl (C=O) groups excluding carboxylic acids is 3. The van der Waals surface area contributed by atoms with Crippen LogP contribution in [0.25, 0.3) is 0 Å². The first-order valence-corrected chi connectivity index (χ1v) is 8.15. The molecule has 0 saturated carbocycles. The second-order valence-corrected chi connectivity index (χ2v) is 6.27. The Hall–Kier alpha value is -2.21. The van der Waals surface area contributed by atoms with Gasteiger partial charge in [-0.1, -0.05) is 0 Å². The maximum atomic E-state index is 12.7. The standard InChI is InChI=1S/C17H21N3O3/c1-12(21)18-13-5-7-14(8-6-13)20-16(22)11-15(17(20)23)19-9-3-2-4-10-19/h5-8,15H,2-4,9-11H2,1H3,(H,18,21)/p+1/t15-/m0/s1. The highest BCUT2D eigenvalue weighted by molar-refractivity contribution is 6.21. The number of nitrogens with one attached hydrogen (secondary N) is 2. The van der Waals surface area contributed by atoms with Gasteiger partial charge in [-0.15, -0.1) is 0 Å². The summed E-state index contributed by atoms with van der Waals surface area (Å²) in [6.45, 7) is 3.38. The number of hydrogen-bond donors (Lipinski definition) is 2. The van der Waals surface area contributed by atoms with Crippen LogP contribution in [0.4, 0.5) is 11.4 Å².